The maximum atomic E-state index is 12.2. The summed E-state index contributed by atoms with van der Waals surface area (Å²) >= 11 is 0. The van der Waals surface area contributed by atoms with E-state index < -0.39 is 0 Å². The Morgan fingerprint density at radius 3 is 2.81 bits per heavy atom. The van der Waals surface area contributed by atoms with E-state index in [-0.39, 0.29) is 5.91 Å². The first kappa shape index (κ1) is 16.0. The third kappa shape index (κ3) is 4.28. The van der Waals surface area contributed by atoms with Crippen LogP contribution in [0.3, 0.4) is 0 Å². The van der Waals surface area contributed by atoms with Crippen LogP contribution in [0.1, 0.15) is 30.7 Å². The Balaban J connectivity index is 1.83. The standard InChI is InChI=1S/C15H27N5O/c1-11-15(12(2)20(4)18-11)17-14(21)10-19(3)9-13-7-5-6-8-16-13/h13,16H,5-10H2,1-4H3,(H,17,21). The highest BCUT2D eigenvalue weighted by molar-refractivity contribution is 5.93. The number of rotatable bonds is 5. The van der Waals surface area contributed by atoms with Crippen molar-refractivity contribution in [1.82, 2.24) is 20.0 Å². The molecule has 6 heteroatoms. The first-order valence-corrected chi connectivity index (χ1v) is 7.69. The monoisotopic (exact) mass is 293 g/mol. The summed E-state index contributed by atoms with van der Waals surface area (Å²) in [5.74, 6) is 0.0208. The molecule has 0 aromatic carbocycles. The fourth-order valence-corrected chi connectivity index (χ4v) is 2.90. The minimum absolute atomic E-state index is 0.0208. The molecule has 1 atom stereocenters. The Kier molecular flexibility index (Phi) is 5.36. The number of hydrogen-bond acceptors (Lipinski definition) is 4. The highest BCUT2D eigenvalue weighted by Crippen LogP contribution is 2.18. The summed E-state index contributed by atoms with van der Waals surface area (Å²) in [5.41, 5.74) is 2.68. The highest BCUT2D eigenvalue weighted by Gasteiger charge is 2.17. The number of likely N-dealkylation sites (N-methyl/N-ethyl adjacent to an activating group) is 1. The average molecular weight is 293 g/mol. The van der Waals surface area contributed by atoms with Gasteiger partial charge < -0.3 is 10.6 Å². The SMILES string of the molecule is Cc1nn(C)c(C)c1NC(=O)CN(C)CC1CCCCN1. The van der Waals surface area contributed by atoms with Crippen LogP contribution in [-0.4, -0.2) is 53.3 Å². The number of nitrogens with zero attached hydrogens (tertiary/aromatic N) is 3. The molecule has 0 bridgehead atoms. The first-order chi connectivity index (χ1) is 9.97. The van der Waals surface area contributed by atoms with Crippen molar-refractivity contribution in [2.24, 2.45) is 7.05 Å². The molecule has 0 saturated carbocycles. The Bertz CT molecular complexity index is 490. The maximum Gasteiger partial charge on any atom is 0.238 e. The van der Waals surface area contributed by atoms with E-state index in [9.17, 15) is 4.79 Å². The van der Waals surface area contributed by atoms with Gasteiger partial charge in [0.1, 0.15) is 0 Å². The van der Waals surface area contributed by atoms with Crippen LogP contribution in [0.2, 0.25) is 0 Å². The summed E-state index contributed by atoms with van der Waals surface area (Å²) in [7, 11) is 3.89. The number of carbonyl (C=O) groups excluding carboxylic acids is 1. The number of aromatic nitrogens is 2. The van der Waals surface area contributed by atoms with E-state index in [1.54, 1.807) is 4.68 Å². The zero-order chi connectivity index (χ0) is 15.4. The van der Waals surface area contributed by atoms with E-state index in [1.165, 1.54) is 19.3 Å². The van der Waals surface area contributed by atoms with Crippen LogP contribution in [0.4, 0.5) is 5.69 Å². The minimum Gasteiger partial charge on any atom is -0.322 e. The predicted octanol–water partition coefficient (Wildman–Crippen LogP) is 1.05. The van der Waals surface area contributed by atoms with Crippen molar-refractivity contribution in [2.75, 3.05) is 32.0 Å². The van der Waals surface area contributed by atoms with Crippen molar-refractivity contribution < 1.29 is 4.79 Å². The molecule has 2 rings (SSSR count). The van der Waals surface area contributed by atoms with Crippen LogP contribution in [0.15, 0.2) is 0 Å². The minimum atomic E-state index is 0.0208. The zero-order valence-corrected chi connectivity index (χ0v) is 13.6. The van der Waals surface area contributed by atoms with Crippen molar-refractivity contribution in [2.45, 2.75) is 39.2 Å². The summed E-state index contributed by atoms with van der Waals surface area (Å²) in [5, 5.41) is 10.8. The van der Waals surface area contributed by atoms with Crippen LogP contribution in [0.5, 0.6) is 0 Å². The Labute approximate surface area is 126 Å². The lowest BCUT2D eigenvalue weighted by Gasteiger charge is -2.27. The summed E-state index contributed by atoms with van der Waals surface area (Å²) in [4.78, 5) is 14.3. The number of hydrogen-bond donors (Lipinski definition) is 2. The number of aryl methyl sites for hydroxylation is 2. The van der Waals surface area contributed by atoms with Crippen molar-refractivity contribution in [1.29, 1.82) is 0 Å². The van der Waals surface area contributed by atoms with Crippen molar-refractivity contribution in [3.63, 3.8) is 0 Å². The lowest BCUT2D eigenvalue weighted by molar-refractivity contribution is -0.117. The average Bonchev–Trinajstić information content (AvgIpc) is 2.66. The molecule has 1 amide bonds. The van der Waals surface area contributed by atoms with Gasteiger partial charge in [0.15, 0.2) is 0 Å². The molecular formula is C15H27N5O. The smallest absolute Gasteiger partial charge is 0.238 e. The molecular weight excluding hydrogens is 266 g/mol. The Hall–Kier alpha value is -1.40. The first-order valence-electron chi connectivity index (χ1n) is 7.69. The van der Waals surface area contributed by atoms with E-state index in [0.717, 1.165) is 30.2 Å². The third-order valence-corrected chi connectivity index (χ3v) is 4.13. The van der Waals surface area contributed by atoms with Crippen molar-refractivity contribution in [3.05, 3.63) is 11.4 Å². The van der Waals surface area contributed by atoms with Gasteiger partial charge in [0.05, 0.1) is 23.6 Å². The fraction of sp³-hybridized carbons (Fsp3) is 0.733. The van der Waals surface area contributed by atoms with Gasteiger partial charge in [-0.05, 0) is 40.3 Å². The molecule has 1 aliphatic heterocycles. The van der Waals surface area contributed by atoms with Crippen LogP contribution in [0, 0.1) is 13.8 Å². The Morgan fingerprint density at radius 2 is 2.24 bits per heavy atom. The number of nitrogens with one attached hydrogen (secondary N) is 2. The molecule has 21 heavy (non-hydrogen) atoms. The van der Waals surface area contributed by atoms with Crippen molar-refractivity contribution in [3.8, 4) is 0 Å². The molecule has 0 spiro atoms. The van der Waals surface area contributed by atoms with E-state index >= 15 is 0 Å². The molecule has 2 heterocycles. The summed E-state index contributed by atoms with van der Waals surface area (Å²) in [6, 6.07) is 0.512. The quantitative estimate of drug-likeness (QED) is 0.852. The fourth-order valence-electron chi connectivity index (χ4n) is 2.90. The summed E-state index contributed by atoms with van der Waals surface area (Å²) in [6.45, 7) is 6.30. The number of amides is 1. The van der Waals surface area contributed by atoms with E-state index in [0.29, 0.717) is 12.6 Å². The molecule has 1 aromatic heterocycles. The molecule has 0 radical (unpaired) electrons. The van der Waals surface area contributed by atoms with Gasteiger partial charge in [0.2, 0.25) is 5.91 Å². The molecule has 6 nitrogen and oxygen atoms in total. The second-order valence-electron chi connectivity index (χ2n) is 6.06. The highest BCUT2D eigenvalue weighted by atomic mass is 16.2. The summed E-state index contributed by atoms with van der Waals surface area (Å²) < 4.78 is 1.79. The van der Waals surface area contributed by atoms with Crippen LogP contribution in [-0.2, 0) is 11.8 Å². The lowest BCUT2D eigenvalue weighted by Crippen LogP contribution is -2.44. The third-order valence-electron chi connectivity index (χ3n) is 4.13. The topological polar surface area (TPSA) is 62.2 Å². The van der Waals surface area contributed by atoms with E-state index in [4.69, 9.17) is 0 Å². The van der Waals surface area contributed by atoms with Gasteiger partial charge in [0.25, 0.3) is 0 Å². The molecule has 2 N–H and O–H groups in total. The van der Waals surface area contributed by atoms with Crippen LogP contribution in [0.25, 0.3) is 0 Å². The number of carbonyl (C=O) groups is 1. The van der Waals surface area contributed by atoms with Crippen LogP contribution < -0.4 is 10.6 Å². The molecule has 1 unspecified atom stereocenters. The second-order valence-corrected chi connectivity index (χ2v) is 6.06. The lowest BCUT2D eigenvalue weighted by atomic mass is 10.0. The van der Waals surface area contributed by atoms with Gasteiger partial charge in [-0.25, -0.2) is 0 Å². The van der Waals surface area contributed by atoms with Gasteiger partial charge >= 0.3 is 0 Å². The predicted molar refractivity (Wildman–Crippen MR) is 84.5 cm³/mol. The van der Waals surface area contributed by atoms with E-state index in [2.05, 4.69) is 20.6 Å². The van der Waals surface area contributed by atoms with Gasteiger partial charge in [-0.1, -0.05) is 6.42 Å². The zero-order valence-electron chi connectivity index (χ0n) is 13.6. The van der Waals surface area contributed by atoms with Crippen molar-refractivity contribution >= 4 is 11.6 Å². The summed E-state index contributed by atoms with van der Waals surface area (Å²) in [6.07, 6.45) is 3.75. The van der Waals surface area contributed by atoms with Gasteiger partial charge in [-0.2, -0.15) is 5.10 Å². The van der Waals surface area contributed by atoms with Gasteiger partial charge in [-0.15, -0.1) is 0 Å². The van der Waals surface area contributed by atoms with Crippen LogP contribution >= 0.6 is 0 Å². The van der Waals surface area contributed by atoms with Gasteiger partial charge in [0, 0.05) is 19.6 Å². The van der Waals surface area contributed by atoms with E-state index in [1.807, 2.05) is 27.9 Å². The normalized spacial score (nSPS) is 19.0. The molecule has 0 aliphatic carbocycles. The maximum absolute atomic E-state index is 12.2. The van der Waals surface area contributed by atoms with Gasteiger partial charge in [-0.3, -0.25) is 14.4 Å². The number of anilines is 1. The Morgan fingerprint density at radius 1 is 1.48 bits per heavy atom. The molecule has 118 valence electrons. The largest absolute Gasteiger partial charge is 0.322 e. The molecule has 1 saturated heterocycles. The molecule has 1 aromatic rings. The molecule has 1 aliphatic rings. The molecule has 1 fully saturated rings. The second kappa shape index (κ2) is 7.04. The number of piperidine rings is 1.